The van der Waals surface area contributed by atoms with Crippen LogP contribution in [0.5, 0.6) is 0 Å². The summed E-state index contributed by atoms with van der Waals surface area (Å²) in [6, 6.07) is 1.99. The number of alkyl carbamates (subject to hydrolysis) is 1. The number of nitrogens with zero attached hydrogens (tertiary/aromatic N) is 1. The van der Waals surface area contributed by atoms with Gasteiger partial charge in [0.25, 0.3) is 15.9 Å². The Hall–Kier alpha value is -1.99. The minimum Gasteiger partial charge on any atom is -0.453 e. The summed E-state index contributed by atoms with van der Waals surface area (Å²) in [4.78, 5) is 38.0. The lowest BCUT2D eigenvalue weighted by atomic mass is 10.0. The summed E-state index contributed by atoms with van der Waals surface area (Å²) >= 11 is 8.02. The molecule has 1 saturated heterocycles. The monoisotopic (exact) mass is 519 g/mol. The van der Waals surface area contributed by atoms with Gasteiger partial charge in [0.15, 0.2) is 0 Å². The maximum atomic E-state index is 13.2. The maximum Gasteiger partial charge on any atom is 0.413 e. The zero-order chi connectivity index (χ0) is 23.6. The molecule has 0 aromatic carbocycles. The summed E-state index contributed by atoms with van der Waals surface area (Å²) in [5.41, 5.74) is 0.745. The Morgan fingerprint density at radius 3 is 2.53 bits per heavy atom. The Bertz CT molecular complexity index is 1160. The van der Waals surface area contributed by atoms with E-state index in [0.717, 1.165) is 23.3 Å². The summed E-state index contributed by atoms with van der Waals surface area (Å²) < 4.78 is 32.3. The van der Waals surface area contributed by atoms with Crippen molar-refractivity contribution in [1.29, 1.82) is 0 Å². The van der Waals surface area contributed by atoms with Gasteiger partial charge >= 0.3 is 6.09 Å². The fraction of sp³-hybridized carbons (Fsp3) is 0.421. The lowest BCUT2D eigenvalue weighted by molar-refractivity contribution is -0.120. The van der Waals surface area contributed by atoms with Gasteiger partial charge in [0.1, 0.15) is 15.3 Å². The average molecular weight is 520 g/mol. The van der Waals surface area contributed by atoms with E-state index < -0.39 is 34.0 Å². The summed E-state index contributed by atoms with van der Waals surface area (Å²) in [6.45, 7) is 3.68. The molecule has 2 aromatic heterocycles. The number of halogens is 1. The van der Waals surface area contributed by atoms with Crippen molar-refractivity contribution in [2.45, 2.75) is 43.4 Å². The predicted molar refractivity (Wildman–Crippen MR) is 123 cm³/mol. The maximum absolute atomic E-state index is 13.2. The van der Waals surface area contributed by atoms with Crippen LogP contribution in [0.1, 0.15) is 40.1 Å². The number of rotatable bonds is 5. The van der Waals surface area contributed by atoms with Crippen LogP contribution in [-0.2, 0) is 19.6 Å². The van der Waals surface area contributed by atoms with Crippen molar-refractivity contribution in [3.8, 4) is 0 Å². The van der Waals surface area contributed by atoms with Crippen molar-refractivity contribution in [2.75, 3.05) is 19.0 Å². The molecule has 2 aromatic rings. The van der Waals surface area contributed by atoms with Crippen molar-refractivity contribution >= 4 is 67.2 Å². The Labute approximate surface area is 198 Å². The smallest absolute Gasteiger partial charge is 0.413 e. The molecular weight excluding hydrogens is 498 g/mol. The number of methoxy groups -OCH3 is 1. The third kappa shape index (κ3) is 4.99. The van der Waals surface area contributed by atoms with E-state index in [-0.39, 0.29) is 21.3 Å². The number of anilines is 1. The molecule has 1 aliphatic rings. The molecule has 0 bridgehead atoms. The van der Waals surface area contributed by atoms with Crippen LogP contribution in [0.4, 0.5) is 9.80 Å². The average Bonchev–Trinajstić information content (AvgIpc) is 3.31. The first-order valence-electron chi connectivity index (χ1n) is 9.63. The molecule has 3 rings (SSSR count). The van der Waals surface area contributed by atoms with Crippen LogP contribution >= 0.6 is 34.3 Å². The summed E-state index contributed by atoms with van der Waals surface area (Å²) in [5.74, 6) is -1.25. The number of nitrogens with one attached hydrogen (secondary N) is 2. The molecule has 0 radical (unpaired) electrons. The number of amides is 3. The number of piperidine rings is 1. The topological polar surface area (TPSA) is 122 Å². The number of thiophene rings is 2. The van der Waals surface area contributed by atoms with E-state index in [1.807, 2.05) is 0 Å². The third-order valence-electron chi connectivity index (χ3n) is 5.12. The molecule has 1 aliphatic heterocycles. The van der Waals surface area contributed by atoms with Gasteiger partial charge in [0.2, 0.25) is 5.91 Å². The molecule has 32 heavy (non-hydrogen) atoms. The highest BCUT2D eigenvalue weighted by molar-refractivity contribution is 7.91. The van der Waals surface area contributed by atoms with Crippen LogP contribution < -0.4 is 10.6 Å². The summed E-state index contributed by atoms with van der Waals surface area (Å²) in [7, 11) is -2.77. The minimum absolute atomic E-state index is 0.0724. The molecule has 1 unspecified atom stereocenters. The van der Waals surface area contributed by atoms with Crippen LogP contribution in [0.2, 0.25) is 4.34 Å². The summed E-state index contributed by atoms with van der Waals surface area (Å²) in [6.07, 6.45) is 0.742. The van der Waals surface area contributed by atoms with Gasteiger partial charge in [0, 0.05) is 11.4 Å². The first-order valence-corrected chi connectivity index (χ1v) is 13.1. The van der Waals surface area contributed by atoms with Crippen LogP contribution in [0.25, 0.3) is 0 Å². The van der Waals surface area contributed by atoms with Crippen LogP contribution in [0.15, 0.2) is 16.3 Å². The second-order valence-electron chi connectivity index (χ2n) is 7.11. The molecular formula is C19H22ClN3O6S3. The third-order valence-corrected chi connectivity index (χ3v) is 9.85. The Balaban J connectivity index is 1.88. The molecule has 0 aliphatic carbocycles. The number of carbonyl (C=O) groups excluding carboxylic acids is 3. The van der Waals surface area contributed by atoms with E-state index in [4.69, 9.17) is 11.6 Å². The van der Waals surface area contributed by atoms with Gasteiger partial charge in [-0.2, -0.15) is 4.31 Å². The zero-order valence-electron chi connectivity index (χ0n) is 17.6. The molecule has 1 fully saturated rings. The van der Waals surface area contributed by atoms with Crippen molar-refractivity contribution < 1.29 is 27.5 Å². The minimum atomic E-state index is -3.91. The first kappa shape index (κ1) is 24.6. The normalized spacial score (nSPS) is 17.1. The largest absolute Gasteiger partial charge is 0.453 e. The second kappa shape index (κ2) is 9.87. The highest BCUT2D eigenvalue weighted by Gasteiger charge is 2.39. The number of hydrogen-bond acceptors (Lipinski definition) is 8. The Kier molecular flexibility index (Phi) is 7.61. The van der Waals surface area contributed by atoms with E-state index in [0.29, 0.717) is 29.2 Å². The van der Waals surface area contributed by atoms with Gasteiger partial charge < -0.3 is 10.1 Å². The van der Waals surface area contributed by atoms with Crippen LogP contribution in [-0.4, -0.2) is 50.3 Å². The SMILES string of the molecule is COC(=O)NC(=O)c1c(NC(=O)C2CCCCN2S(=O)(=O)c2ccc(Cl)s2)sc(C)c1C. The number of hydrogen-bond donors (Lipinski definition) is 2. The van der Waals surface area contributed by atoms with Crippen molar-refractivity contribution in [3.63, 3.8) is 0 Å². The van der Waals surface area contributed by atoms with Gasteiger partial charge in [-0.1, -0.05) is 18.0 Å². The predicted octanol–water partition coefficient (Wildman–Crippen LogP) is 3.76. The van der Waals surface area contributed by atoms with Crippen molar-refractivity contribution in [1.82, 2.24) is 9.62 Å². The van der Waals surface area contributed by atoms with Gasteiger partial charge in [-0.15, -0.1) is 22.7 Å². The fourth-order valence-corrected chi connectivity index (χ4v) is 7.73. The molecule has 13 heteroatoms. The van der Waals surface area contributed by atoms with E-state index in [9.17, 15) is 22.8 Å². The quantitative estimate of drug-likeness (QED) is 0.620. The molecule has 174 valence electrons. The number of imide groups is 1. The standard InChI is InChI=1S/C19H22ClN3O6S3/c1-10-11(2)30-18(15(10)17(25)22-19(26)29-3)21-16(24)12-6-4-5-9-23(12)32(27,28)14-8-7-13(20)31-14/h7-8,12H,4-6,9H2,1-3H3,(H,21,24)(H,22,25,26). The number of aryl methyl sites for hydroxylation is 1. The van der Waals surface area contributed by atoms with E-state index in [1.54, 1.807) is 13.8 Å². The van der Waals surface area contributed by atoms with E-state index >= 15 is 0 Å². The molecule has 0 spiro atoms. The molecule has 3 heterocycles. The van der Waals surface area contributed by atoms with Crippen LogP contribution in [0, 0.1) is 13.8 Å². The Morgan fingerprint density at radius 2 is 1.91 bits per heavy atom. The highest BCUT2D eigenvalue weighted by Crippen LogP contribution is 2.35. The molecule has 9 nitrogen and oxygen atoms in total. The second-order valence-corrected chi connectivity index (χ2v) is 12.2. The van der Waals surface area contributed by atoms with Crippen molar-refractivity contribution in [3.05, 3.63) is 32.5 Å². The first-order chi connectivity index (χ1) is 15.1. The molecule has 1 atom stereocenters. The van der Waals surface area contributed by atoms with E-state index in [2.05, 4.69) is 15.4 Å². The summed E-state index contributed by atoms with van der Waals surface area (Å²) in [5, 5.41) is 5.04. The zero-order valence-corrected chi connectivity index (χ0v) is 20.8. The lowest BCUT2D eigenvalue weighted by Crippen LogP contribution is -2.49. The highest BCUT2D eigenvalue weighted by atomic mass is 35.5. The fourth-order valence-electron chi connectivity index (χ4n) is 3.40. The molecule has 2 N–H and O–H groups in total. The van der Waals surface area contributed by atoms with Crippen LogP contribution in [0.3, 0.4) is 0 Å². The van der Waals surface area contributed by atoms with Gasteiger partial charge in [-0.25, -0.2) is 13.2 Å². The van der Waals surface area contributed by atoms with Crippen molar-refractivity contribution in [2.24, 2.45) is 0 Å². The van der Waals surface area contributed by atoms with Gasteiger partial charge in [-0.05, 0) is 44.4 Å². The van der Waals surface area contributed by atoms with Gasteiger partial charge in [0.05, 0.1) is 17.0 Å². The number of sulfonamides is 1. The Morgan fingerprint density at radius 1 is 1.19 bits per heavy atom. The van der Waals surface area contributed by atoms with Gasteiger partial charge in [-0.3, -0.25) is 14.9 Å². The molecule has 3 amide bonds. The van der Waals surface area contributed by atoms with E-state index in [1.165, 1.54) is 27.8 Å². The molecule has 0 saturated carbocycles. The lowest BCUT2D eigenvalue weighted by Gasteiger charge is -2.33. The number of ether oxygens (including phenoxy) is 1. The number of carbonyl (C=O) groups is 3.